The van der Waals surface area contributed by atoms with Crippen molar-refractivity contribution in [2.24, 2.45) is 0 Å². The van der Waals surface area contributed by atoms with Gasteiger partial charge in [0, 0.05) is 29.4 Å². The standard InChI is InChI=1S/C11H20N2S/c1-9-7-11(14-10(9)2)8-12-5-6-13(3)4/h7,12H,5-6,8H2,1-4H3. The van der Waals surface area contributed by atoms with Crippen molar-refractivity contribution in [3.63, 3.8) is 0 Å². The highest BCUT2D eigenvalue weighted by molar-refractivity contribution is 7.12. The Balaban J connectivity index is 2.25. The molecule has 1 N–H and O–H groups in total. The van der Waals surface area contributed by atoms with Gasteiger partial charge in [0.1, 0.15) is 0 Å². The van der Waals surface area contributed by atoms with Gasteiger partial charge in [-0.05, 0) is 39.6 Å². The molecule has 1 rings (SSSR count). The van der Waals surface area contributed by atoms with E-state index in [1.807, 2.05) is 11.3 Å². The molecule has 2 nitrogen and oxygen atoms in total. The summed E-state index contributed by atoms with van der Waals surface area (Å²) in [6.45, 7) is 7.53. The third-order valence-corrected chi connectivity index (χ3v) is 3.40. The van der Waals surface area contributed by atoms with Crippen LogP contribution in [0.25, 0.3) is 0 Å². The minimum Gasteiger partial charge on any atom is -0.311 e. The molecule has 0 aliphatic rings. The number of hydrogen-bond acceptors (Lipinski definition) is 3. The van der Waals surface area contributed by atoms with Crippen LogP contribution >= 0.6 is 11.3 Å². The van der Waals surface area contributed by atoms with Gasteiger partial charge in [-0.2, -0.15) is 0 Å². The number of thiophene rings is 1. The molecule has 1 aromatic heterocycles. The number of rotatable bonds is 5. The molecule has 0 aliphatic heterocycles. The number of nitrogens with one attached hydrogen (secondary N) is 1. The monoisotopic (exact) mass is 212 g/mol. The van der Waals surface area contributed by atoms with E-state index in [0.717, 1.165) is 19.6 Å². The summed E-state index contributed by atoms with van der Waals surface area (Å²) in [5.74, 6) is 0. The Morgan fingerprint density at radius 1 is 1.36 bits per heavy atom. The molecule has 14 heavy (non-hydrogen) atoms. The summed E-state index contributed by atoms with van der Waals surface area (Å²) in [6.07, 6.45) is 0. The van der Waals surface area contributed by atoms with Crippen LogP contribution in [-0.2, 0) is 6.54 Å². The van der Waals surface area contributed by atoms with Crippen LogP contribution in [0.5, 0.6) is 0 Å². The zero-order valence-electron chi connectivity index (χ0n) is 9.55. The van der Waals surface area contributed by atoms with Gasteiger partial charge in [-0.1, -0.05) is 0 Å². The van der Waals surface area contributed by atoms with Gasteiger partial charge in [0.25, 0.3) is 0 Å². The molecule has 0 bridgehead atoms. The van der Waals surface area contributed by atoms with Gasteiger partial charge in [0.2, 0.25) is 0 Å². The van der Waals surface area contributed by atoms with Crippen molar-refractivity contribution in [3.8, 4) is 0 Å². The van der Waals surface area contributed by atoms with E-state index >= 15 is 0 Å². The van der Waals surface area contributed by atoms with Crippen LogP contribution in [0.1, 0.15) is 15.3 Å². The van der Waals surface area contributed by atoms with Crippen LogP contribution < -0.4 is 5.32 Å². The maximum Gasteiger partial charge on any atom is 0.0300 e. The average molecular weight is 212 g/mol. The van der Waals surface area contributed by atoms with E-state index in [1.165, 1.54) is 15.3 Å². The minimum absolute atomic E-state index is 1.01. The van der Waals surface area contributed by atoms with Crippen molar-refractivity contribution in [2.75, 3.05) is 27.2 Å². The fourth-order valence-electron chi connectivity index (χ4n) is 1.25. The molecule has 0 fully saturated rings. The van der Waals surface area contributed by atoms with E-state index in [-0.39, 0.29) is 0 Å². The summed E-state index contributed by atoms with van der Waals surface area (Å²) < 4.78 is 0. The molecular weight excluding hydrogens is 192 g/mol. The van der Waals surface area contributed by atoms with Gasteiger partial charge < -0.3 is 10.2 Å². The molecule has 0 atom stereocenters. The van der Waals surface area contributed by atoms with E-state index in [2.05, 4.69) is 44.2 Å². The average Bonchev–Trinajstić information content (AvgIpc) is 2.40. The summed E-state index contributed by atoms with van der Waals surface area (Å²) in [5, 5.41) is 3.44. The third kappa shape index (κ3) is 3.78. The fourth-order valence-corrected chi connectivity index (χ4v) is 2.27. The fraction of sp³-hybridized carbons (Fsp3) is 0.636. The Morgan fingerprint density at radius 2 is 2.07 bits per heavy atom. The van der Waals surface area contributed by atoms with Crippen molar-refractivity contribution in [1.82, 2.24) is 10.2 Å². The zero-order valence-corrected chi connectivity index (χ0v) is 10.4. The first-order valence-corrected chi connectivity index (χ1v) is 5.82. The lowest BCUT2D eigenvalue weighted by atomic mass is 10.3. The van der Waals surface area contributed by atoms with Crippen molar-refractivity contribution in [2.45, 2.75) is 20.4 Å². The van der Waals surface area contributed by atoms with Gasteiger partial charge in [0.15, 0.2) is 0 Å². The molecule has 0 saturated heterocycles. The number of hydrogen-bond donors (Lipinski definition) is 1. The molecule has 0 aromatic carbocycles. The molecule has 0 radical (unpaired) electrons. The van der Waals surface area contributed by atoms with Crippen molar-refractivity contribution in [1.29, 1.82) is 0 Å². The van der Waals surface area contributed by atoms with E-state index in [0.29, 0.717) is 0 Å². The molecule has 0 aliphatic carbocycles. The highest BCUT2D eigenvalue weighted by Crippen LogP contribution is 2.19. The molecule has 0 saturated carbocycles. The second kappa shape index (κ2) is 5.49. The van der Waals surface area contributed by atoms with E-state index in [9.17, 15) is 0 Å². The first-order chi connectivity index (χ1) is 6.59. The predicted molar refractivity (Wildman–Crippen MR) is 64.1 cm³/mol. The molecule has 0 spiro atoms. The van der Waals surface area contributed by atoms with Gasteiger partial charge >= 0.3 is 0 Å². The van der Waals surface area contributed by atoms with Crippen LogP contribution in [-0.4, -0.2) is 32.1 Å². The molecule has 3 heteroatoms. The summed E-state index contributed by atoms with van der Waals surface area (Å²) in [7, 11) is 4.20. The summed E-state index contributed by atoms with van der Waals surface area (Å²) in [5.41, 5.74) is 1.42. The summed E-state index contributed by atoms with van der Waals surface area (Å²) in [4.78, 5) is 5.07. The Labute approximate surface area is 90.9 Å². The van der Waals surface area contributed by atoms with Crippen molar-refractivity contribution < 1.29 is 0 Å². The number of aryl methyl sites for hydroxylation is 2. The largest absolute Gasteiger partial charge is 0.311 e. The highest BCUT2D eigenvalue weighted by atomic mass is 32.1. The van der Waals surface area contributed by atoms with Gasteiger partial charge in [-0.25, -0.2) is 0 Å². The van der Waals surface area contributed by atoms with Crippen LogP contribution in [0.2, 0.25) is 0 Å². The second-order valence-electron chi connectivity index (χ2n) is 3.93. The lowest BCUT2D eigenvalue weighted by Gasteiger charge is -2.09. The Kier molecular flexibility index (Phi) is 4.58. The Bertz CT molecular complexity index is 259. The third-order valence-electron chi connectivity index (χ3n) is 2.25. The SMILES string of the molecule is Cc1cc(CNCCN(C)C)sc1C. The quantitative estimate of drug-likeness (QED) is 0.751. The molecule has 0 unspecified atom stereocenters. The van der Waals surface area contributed by atoms with Crippen LogP contribution in [0.3, 0.4) is 0 Å². The molecule has 1 aromatic rings. The summed E-state index contributed by atoms with van der Waals surface area (Å²) >= 11 is 1.90. The molecule has 80 valence electrons. The maximum atomic E-state index is 3.44. The molecule has 1 heterocycles. The Hall–Kier alpha value is -0.380. The van der Waals surface area contributed by atoms with Crippen molar-refractivity contribution >= 4 is 11.3 Å². The smallest absolute Gasteiger partial charge is 0.0300 e. The lowest BCUT2D eigenvalue weighted by molar-refractivity contribution is 0.400. The normalized spacial score (nSPS) is 11.2. The maximum absolute atomic E-state index is 3.44. The van der Waals surface area contributed by atoms with E-state index in [4.69, 9.17) is 0 Å². The first kappa shape index (κ1) is 11.7. The molecule has 0 amide bonds. The Morgan fingerprint density at radius 3 is 2.57 bits per heavy atom. The van der Waals surface area contributed by atoms with Gasteiger partial charge in [-0.15, -0.1) is 11.3 Å². The highest BCUT2D eigenvalue weighted by Gasteiger charge is 2.00. The van der Waals surface area contributed by atoms with Gasteiger partial charge in [0.05, 0.1) is 0 Å². The van der Waals surface area contributed by atoms with E-state index < -0.39 is 0 Å². The summed E-state index contributed by atoms with van der Waals surface area (Å²) in [6, 6.07) is 2.28. The predicted octanol–water partition coefficient (Wildman–Crippen LogP) is 2.02. The van der Waals surface area contributed by atoms with Crippen LogP contribution in [0.15, 0.2) is 6.07 Å². The number of likely N-dealkylation sites (N-methyl/N-ethyl adjacent to an activating group) is 1. The lowest BCUT2D eigenvalue weighted by Crippen LogP contribution is -2.25. The van der Waals surface area contributed by atoms with Gasteiger partial charge in [-0.3, -0.25) is 0 Å². The van der Waals surface area contributed by atoms with E-state index in [1.54, 1.807) is 0 Å². The van der Waals surface area contributed by atoms with Crippen LogP contribution in [0, 0.1) is 13.8 Å². The molecular formula is C11H20N2S. The second-order valence-corrected chi connectivity index (χ2v) is 5.27. The zero-order chi connectivity index (χ0) is 10.6. The minimum atomic E-state index is 1.01. The van der Waals surface area contributed by atoms with Crippen molar-refractivity contribution in [3.05, 3.63) is 21.4 Å². The van der Waals surface area contributed by atoms with Crippen LogP contribution in [0.4, 0.5) is 0 Å². The first-order valence-electron chi connectivity index (χ1n) is 5.01. The number of nitrogens with zero attached hydrogens (tertiary/aromatic N) is 1. The topological polar surface area (TPSA) is 15.3 Å².